The predicted octanol–water partition coefficient (Wildman–Crippen LogP) is 6.78. The van der Waals surface area contributed by atoms with Crippen molar-refractivity contribution in [2.75, 3.05) is 20.3 Å². The van der Waals surface area contributed by atoms with Gasteiger partial charge in [-0.3, -0.25) is 0 Å². The number of halogens is 1. The fraction of sp³-hybridized carbons (Fsp3) is 0.321. The van der Waals surface area contributed by atoms with Crippen molar-refractivity contribution in [3.8, 4) is 17.2 Å². The first-order chi connectivity index (χ1) is 16.3. The van der Waals surface area contributed by atoms with Gasteiger partial charge in [-0.15, -0.1) is 0 Å². The van der Waals surface area contributed by atoms with Gasteiger partial charge in [0.1, 0.15) is 17.2 Å². The molecule has 0 aliphatic rings. The lowest BCUT2D eigenvalue weighted by atomic mass is 9.87. The van der Waals surface area contributed by atoms with Crippen molar-refractivity contribution in [2.24, 2.45) is 0 Å². The molecule has 1 unspecified atom stereocenters. The Hall–Kier alpha value is -3.18. The number of hydrogen-bond acceptors (Lipinski definition) is 5. The molecule has 0 bridgehead atoms. The van der Waals surface area contributed by atoms with E-state index in [1.165, 1.54) is 12.7 Å². The number of esters is 1. The minimum Gasteiger partial charge on any atom is -0.493 e. The van der Waals surface area contributed by atoms with E-state index in [2.05, 4.69) is 20.8 Å². The van der Waals surface area contributed by atoms with Crippen molar-refractivity contribution in [3.05, 3.63) is 88.9 Å². The minimum absolute atomic E-state index is 0.0398. The van der Waals surface area contributed by atoms with Gasteiger partial charge in [0.15, 0.2) is 0 Å². The quantitative estimate of drug-likeness (QED) is 0.235. The molecular weight excluding hydrogens is 452 g/mol. The Balaban J connectivity index is 1.54. The third-order valence-corrected chi connectivity index (χ3v) is 5.46. The zero-order chi connectivity index (χ0) is 24.6. The lowest BCUT2D eigenvalue weighted by Crippen LogP contribution is -2.20. The topological polar surface area (TPSA) is 54.0 Å². The average molecular weight is 483 g/mol. The molecule has 0 saturated carbocycles. The van der Waals surface area contributed by atoms with Crippen molar-refractivity contribution in [3.63, 3.8) is 0 Å². The molecule has 3 aromatic carbocycles. The molecule has 0 heterocycles. The van der Waals surface area contributed by atoms with Crippen LogP contribution in [0.4, 0.5) is 0 Å². The molecule has 34 heavy (non-hydrogen) atoms. The van der Waals surface area contributed by atoms with Gasteiger partial charge in [0, 0.05) is 17.0 Å². The highest BCUT2D eigenvalue weighted by atomic mass is 35.5. The Morgan fingerprint density at radius 2 is 1.29 bits per heavy atom. The third kappa shape index (κ3) is 7.42. The maximum atomic E-state index is 12.4. The second-order valence-corrected chi connectivity index (χ2v) is 9.31. The van der Waals surface area contributed by atoms with Crippen molar-refractivity contribution >= 4 is 17.6 Å². The zero-order valence-electron chi connectivity index (χ0n) is 20.0. The van der Waals surface area contributed by atoms with Gasteiger partial charge in [-0.05, 0) is 59.5 Å². The van der Waals surface area contributed by atoms with Gasteiger partial charge in [-0.2, -0.15) is 0 Å². The first-order valence-corrected chi connectivity index (χ1v) is 11.6. The SMILES string of the molecule is COC(=O)C(Oc1ccc(C(C)(C)C)cc1)c1ccc(OCCCOc2ccc(Cl)cc2)cc1. The molecule has 0 N–H and O–H groups in total. The molecule has 0 aliphatic carbocycles. The van der Waals surface area contributed by atoms with E-state index in [-0.39, 0.29) is 5.41 Å². The Labute approximate surface area is 206 Å². The molecule has 0 aromatic heterocycles. The number of hydrogen-bond donors (Lipinski definition) is 0. The van der Waals surface area contributed by atoms with Gasteiger partial charge in [-0.1, -0.05) is 56.6 Å². The molecule has 0 radical (unpaired) electrons. The minimum atomic E-state index is -0.868. The van der Waals surface area contributed by atoms with E-state index in [4.69, 9.17) is 30.5 Å². The third-order valence-electron chi connectivity index (χ3n) is 5.21. The lowest BCUT2D eigenvalue weighted by Gasteiger charge is -2.21. The van der Waals surface area contributed by atoms with Crippen LogP contribution in [0, 0.1) is 0 Å². The molecule has 5 nitrogen and oxygen atoms in total. The van der Waals surface area contributed by atoms with Crippen molar-refractivity contribution in [2.45, 2.75) is 38.7 Å². The summed E-state index contributed by atoms with van der Waals surface area (Å²) < 4.78 is 22.4. The fourth-order valence-corrected chi connectivity index (χ4v) is 3.36. The zero-order valence-corrected chi connectivity index (χ0v) is 20.8. The van der Waals surface area contributed by atoms with Crippen LogP contribution >= 0.6 is 11.6 Å². The largest absolute Gasteiger partial charge is 0.493 e. The van der Waals surface area contributed by atoms with Crippen LogP contribution < -0.4 is 14.2 Å². The van der Waals surface area contributed by atoms with E-state index in [1.807, 2.05) is 60.7 Å². The van der Waals surface area contributed by atoms with Crippen LogP contribution in [0.1, 0.15) is 44.4 Å². The van der Waals surface area contributed by atoms with E-state index in [0.717, 1.165) is 12.2 Å². The van der Waals surface area contributed by atoms with Gasteiger partial charge in [-0.25, -0.2) is 4.79 Å². The smallest absolute Gasteiger partial charge is 0.351 e. The highest BCUT2D eigenvalue weighted by Gasteiger charge is 2.24. The summed E-state index contributed by atoms with van der Waals surface area (Å²) in [5, 5.41) is 0.678. The van der Waals surface area contributed by atoms with E-state index < -0.39 is 12.1 Å². The Bertz CT molecular complexity index is 1040. The molecule has 0 amide bonds. The number of carbonyl (C=O) groups excluding carboxylic acids is 1. The summed E-state index contributed by atoms with van der Waals surface area (Å²) in [5.74, 6) is 1.61. The maximum absolute atomic E-state index is 12.4. The van der Waals surface area contributed by atoms with Gasteiger partial charge in [0.25, 0.3) is 0 Å². The van der Waals surface area contributed by atoms with Crippen LogP contribution in [-0.2, 0) is 14.9 Å². The standard InChI is InChI=1S/C28H31ClO5/c1-28(2,3)21-8-14-25(15-9-21)34-26(27(30)31-4)20-6-12-23(13-7-20)32-18-5-19-33-24-16-10-22(29)11-17-24/h6-17,26H,5,18-19H2,1-4H3. The Morgan fingerprint density at radius 3 is 1.79 bits per heavy atom. The summed E-state index contributed by atoms with van der Waals surface area (Å²) in [4.78, 5) is 12.4. The van der Waals surface area contributed by atoms with E-state index >= 15 is 0 Å². The van der Waals surface area contributed by atoms with Gasteiger partial charge in [0.05, 0.1) is 20.3 Å². The molecule has 0 fully saturated rings. The van der Waals surface area contributed by atoms with Crippen LogP contribution in [0.3, 0.4) is 0 Å². The second-order valence-electron chi connectivity index (χ2n) is 8.87. The summed E-state index contributed by atoms with van der Waals surface area (Å²) in [7, 11) is 1.35. The molecule has 0 spiro atoms. The Kier molecular flexibility index (Phi) is 8.83. The van der Waals surface area contributed by atoms with Gasteiger partial charge < -0.3 is 18.9 Å². The van der Waals surface area contributed by atoms with Crippen LogP contribution in [0.15, 0.2) is 72.8 Å². The number of rotatable bonds is 10. The first kappa shape index (κ1) is 25.4. The van der Waals surface area contributed by atoms with Gasteiger partial charge in [0.2, 0.25) is 6.10 Å². The summed E-state index contributed by atoms with van der Waals surface area (Å²) in [6.07, 6.45) is -0.143. The molecule has 6 heteroatoms. The number of ether oxygens (including phenoxy) is 4. The van der Waals surface area contributed by atoms with Crippen LogP contribution in [0.5, 0.6) is 17.2 Å². The molecule has 0 aliphatic heterocycles. The van der Waals surface area contributed by atoms with Crippen LogP contribution in [0.2, 0.25) is 5.02 Å². The molecule has 180 valence electrons. The predicted molar refractivity (Wildman–Crippen MR) is 134 cm³/mol. The maximum Gasteiger partial charge on any atom is 0.351 e. The van der Waals surface area contributed by atoms with Gasteiger partial charge >= 0.3 is 5.97 Å². The molecule has 3 rings (SSSR count). The number of methoxy groups -OCH3 is 1. The first-order valence-electron chi connectivity index (χ1n) is 11.2. The van der Waals surface area contributed by atoms with Crippen molar-refractivity contribution in [1.29, 1.82) is 0 Å². The summed E-state index contributed by atoms with van der Waals surface area (Å²) in [6, 6.07) is 22.3. The monoisotopic (exact) mass is 482 g/mol. The highest BCUT2D eigenvalue weighted by Crippen LogP contribution is 2.28. The molecule has 1 atom stereocenters. The van der Waals surface area contributed by atoms with Crippen LogP contribution in [0.25, 0.3) is 0 Å². The number of carbonyl (C=O) groups is 1. The van der Waals surface area contributed by atoms with Crippen molar-refractivity contribution in [1.82, 2.24) is 0 Å². The summed E-state index contributed by atoms with van der Waals surface area (Å²) in [5.41, 5.74) is 1.91. The Morgan fingerprint density at radius 1 is 0.794 bits per heavy atom. The average Bonchev–Trinajstić information content (AvgIpc) is 2.83. The molecule has 0 saturated heterocycles. The number of benzene rings is 3. The summed E-state index contributed by atoms with van der Waals surface area (Å²) >= 11 is 5.87. The molecule has 3 aromatic rings. The molecular formula is C28H31ClO5. The van der Waals surface area contributed by atoms with Crippen LogP contribution in [-0.4, -0.2) is 26.3 Å². The highest BCUT2D eigenvalue weighted by molar-refractivity contribution is 6.30. The van der Waals surface area contributed by atoms with E-state index in [1.54, 1.807) is 12.1 Å². The summed E-state index contributed by atoms with van der Waals surface area (Å²) in [6.45, 7) is 7.49. The fourth-order valence-electron chi connectivity index (χ4n) is 3.24. The van der Waals surface area contributed by atoms with E-state index in [9.17, 15) is 4.79 Å². The lowest BCUT2D eigenvalue weighted by molar-refractivity contribution is -0.149. The van der Waals surface area contributed by atoms with Crippen molar-refractivity contribution < 1.29 is 23.7 Å². The normalized spacial score (nSPS) is 12.0. The van der Waals surface area contributed by atoms with E-state index in [0.29, 0.717) is 35.3 Å². The second kappa shape index (κ2) is 11.8.